The van der Waals surface area contributed by atoms with E-state index in [0.29, 0.717) is 12.1 Å². The first-order valence-electron chi connectivity index (χ1n) is 9.53. The van der Waals surface area contributed by atoms with Crippen LogP contribution in [0.4, 0.5) is 0 Å². The lowest BCUT2D eigenvalue weighted by atomic mass is 10.0. The molecule has 4 nitrogen and oxygen atoms in total. The van der Waals surface area contributed by atoms with Gasteiger partial charge in [0, 0.05) is 35.1 Å². The standard InChI is InChI=1S/C24H23N3O/c1-16(2)23-24(28)27-22(14-18-15-25-20-11-7-6-10-19(18)20)21(26-23)13-12-17-8-4-3-5-9-17/h3-13,15-16,25H,14H2,1-2H3,(H,27,28)/b13-12+. The minimum Gasteiger partial charge on any atom is -0.361 e. The molecule has 4 aromatic rings. The summed E-state index contributed by atoms with van der Waals surface area (Å²) >= 11 is 0. The number of benzene rings is 2. The van der Waals surface area contributed by atoms with Gasteiger partial charge in [0.05, 0.1) is 5.69 Å². The van der Waals surface area contributed by atoms with E-state index < -0.39 is 0 Å². The van der Waals surface area contributed by atoms with E-state index in [9.17, 15) is 4.79 Å². The molecule has 0 fully saturated rings. The fourth-order valence-corrected chi connectivity index (χ4v) is 3.38. The second kappa shape index (κ2) is 7.69. The van der Waals surface area contributed by atoms with Crippen molar-refractivity contribution in [3.05, 3.63) is 99.4 Å². The minimum absolute atomic E-state index is 0.0646. The smallest absolute Gasteiger partial charge is 0.270 e. The van der Waals surface area contributed by atoms with Gasteiger partial charge in [-0.05, 0) is 23.3 Å². The molecule has 4 heteroatoms. The molecule has 4 rings (SSSR count). The Bertz CT molecular complexity index is 1180. The summed E-state index contributed by atoms with van der Waals surface area (Å²) in [5.41, 5.74) is 5.41. The molecule has 28 heavy (non-hydrogen) atoms. The van der Waals surface area contributed by atoms with Crippen LogP contribution in [0.15, 0.2) is 65.6 Å². The van der Waals surface area contributed by atoms with Gasteiger partial charge in [0.25, 0.3) is 5.56 Å². The summed E-state index contributed by atoms with van der Waals surface area (Å²) in [6, 6.07) is 18.3. The predicted molar refractivity (Wildman–Crippen MR) is 115 cm³/mol. The Hall–Kier alpha value is -3.40. The van der Waals surface area contributed by atoms with Gasteiger partial charge >= 0.3 is 0 Å². The number of rotatable bonds is 5. The highest BCUT2D eigenvalue weighted by atomic mass is 16.1. The van der Waals surface area contributed by atoms with E-state index in [0.717, 1.165) is 33.4 Å². The van der Waals surface area contributed by atoms with E-state index in [1.807, 2.05) is 74.7 Å². The molecule has 0 radical (unpaired) electrons. The Labute approximate surface area is 164 Å². The van der Waals surface area contributed by atoms with Crippen LogP contribution in [0, 0.1) is 0 Å². The molecule has 2 N–H and O–H groups in total. The normalized spacial score (nSPS) is 11.7. The lowest BCUT2D eigenvalue weighted by molar-refractivity contribution is 0.783. The van der Waals surface area contributed by atoms with Crippen LogP contribution in [0.3, 0.4) is 0 Å². The van der Waals surface area contributed by atoms with Crippen molar-refractivity contribution in [1.82, 2.24) is 15.0 Å². The molecule has 0 spiro atoms. The Morgan fingerprint density at radius 2 is 1.75 bits per heavy atom. The molecular weight excluding hydrogens is 346 g/mol. The van der Waals surface area contributed by atoms with Gasteiger partial charge in [-0.3, -0.25) is 4.79 Å². The molecular formula is C24H23N3O. The molecule has 140 valence electrons. The zero-order chi connectivity index (χ0) is 19.5. The number of hydrogen-bond donors (Lipinski definition) is 2. The van der Waals surface area contributed by atoms with Crippen LogP contribution < -0.4 is 5.56 Å². The quantitative estimate of drug-likeness (QED) is 0.512. The molecule has 0 saturated carbocycles. The summed E-state index contributed by atoms with van der Waals surface area (Å²) in [6.07, 6.45) is 6.63. The molecule has 2 aromatic carbocycles. The monoisotopic (exact) mass is 369 g/mol. The first-order chi connectivity index (χ1) is 13.6. The maximum absolute atomic E-state index is 12.6. The van der Waals surface area contributed by atoms with Crippen LogP contribution in [-0.4, -0.2) is 15.0 Å². The molecule has 0 amide bonds. The molecule has 0 unspecified atom stereocenters. The van der Waals surface area contributed by atoms with Crippen LogP contribution in [0.5, 0.6) is 0 Å². The Morgan fingerprint density at radius 1 is 1.00 bits per heavy atom. The molecule has 2 heterocycles. The second-order valence-electron chi connectivity index (χ2n) is 7.25. The number of fused-ring (bicyclic) bond motifs is 1. The van der Waals surface area contributed by atoms with Crippen LogP contribution in [0.2, 0.25) is 0 Å². The van der Waals surface area contributed by atoms with Crippen molar-refractivity contribution < 1.29 is 0 Å². The maximum Gasteiger partial charge on any atom is 0.270 e. The zero-order valence-corrected chi connectivity index (χ0v) is 16.1. The molecule has 0 aliphatic heterocycles. The summed E-state index contributed by atoms with van der Waals surface area (Å²) in [6.45, 7) is 3.98. The number of nitrogens with one attached hydrogen (secondary N) is 2. The third-order valence-electron chi connectivity index (χ3n) is 4.87. The van der Waals surface area contributed by atoms with Gasteiger partial charge in [0.2, 0.25) is 0 Å². The maximum atomic E-state index is 12.6. The SMILES string of the molecule is CC(C)c1nc(/C=C/c2ccccc2)c(Cc2c[nH]c3ccccc23)[nH]c1=O. The van der Waals surface area contributed by atoms with Crippen molar-refractivity contribution >= 4 is 23.1 Å². The van der Waals surface area contributed by atoms with Crippen molar-refractivity contribution in [3.63, 3.8) is 0 Å². The number of hydrogen-bond acceptors (Lipinski definition) is 2. The predicted octanol–water partition coefficient (Wildman–Crippen LogP) is 5.14. The number of para-hydroxylation sites is 1. The number of aromatic amines is 2. The Balaban J connectivity index is 1.77. The highest BCUT2D eigenvalue weighted by Gasteiger charge is 2.14. The Kier molecular flexibility index (Phi) is 4.94. The topological polar surface area (TPSA) is 61.5 Å². The largest absolute Gasteiger partial charge is 0.361 e. The molecule has 0 saturated heterocycles. The number of aromatic nitrogens is 3. The van der Waals surface area contributed by atoms with Crippen molar-refractivity contribution in [3.8, 4) is 0 Å². The molecule has 0 atom stereocenters. The lowest BCUT2D eigenvalue weighted by Gasteiger charge is -2.10. The highest BCUT2D eigenvalue weighted by Crippen LogP contribution is 2.22. The second-order valence-corrected chi connectivity index (χ2v) is 7.25. The lowest BCUT2D eigenvalue weighted by Crippen LogP contribution is -2.20. The number of H-pyrrole nitrogens is 2. The third-order valence-corrected chi connectivity index (χ3v) is 4.87. The minimum atomic E-state index is -0.110. The van der Waals surface area contributed by atoms with Gasteiger partial charge in [0.15, 0.2) is 0 Å². The third kappa shape index (κ3) is 3.67. The molecule has 0 bridgehead atoms. The van der Waals surface area contributed by atoms with Crippen molar-refractivity contribution in [2.24, 2.45) is 0 Å². The first kappa shape index (κ1) is 18.0. The fourth-order valence-electron chi connectivity index (χ4n) is 3.38. The highest BCUT2D eigenvalue weighted by molar-refractivity contribution is 5.83. The van der Waals surface area contributed by atoms with E-state index in [2.05, 4.69) is 22.1 Å². The van der Waals surface area contributed by atoms with Gasteiger partial charge in [-0.2, -0.15) is 0 Å². The number of nitrogens with zero attached hydrogens (tertiary/aromatic N) is 1. The average molecular weight is 369 g/mol. The van der Waals surface area contributed by atoms with Crippen LogP contribution in [0.1, 0.15) is 48.0 Å². The van der Waals surface area contributed by atoms with E-state index in [-0.39, 0.29) is 11.5 Å². The zero-order valence-electron chi connectivity index (χ0n) is 16.1. The summed E-state index contributed by atoms with van der Waals surface area (Å²) in [5, 5.41) is 1.16. The van der Waals surface area contributed by atoms with Gasteiger partial charge < -0.3 is 9.97 Å². The van der Waals surface area contributed by atoms with E-state index in [1.54, 1.807) is 0 Å². The Morgan fingerprint density at radius 3 is 2.54 bits per heavy atom. The van der Waals surface area contributed by atoms with Gasteiger partial charge in [-0.15, -0.1) is 0 Å². The molecule has 0 aliphatic rings. The van der Waals surface area contributed by atoms with E-state index in [1.165, 1.54) is 0 Å². The fraction of sp³-hybridized carbons (Fsp3) is 0.167. The van der Waals surface area contributed by atoms with Crippen molar-refractivity contribution in [1.29, 1.82) is 0 Å². The molecule has 0 aliphatic carbocycles. The van der Waals surface area contributed by atoms with E-state index in [4.69, 9.17) is 4.98 Å². The van der Waals surface area contributed by atoms with Gasteiger partial charge in [-0.1, -0.05) is 68.5 Å². The van der Waals surface area contributed by atoms with Crippen LogP contribution in [-0.2, 0) is 6.42 Å². The van der Waals surface area contributed by atoms with E-state index >= 15 is 0 Å². The summed E-state index contributed by atoms with van der Waals surface area (Å²) < 4.78 is 0. The van der Waals surface area contributed by atoms with Crippen LogP contribution >= 0.6 is 0 Å². The van der Waals surface area contributed by atoms with Crippen molar-refractivity contribution in [2.45, 2.75) is 26.2 Å². The van der Waals surface area contributed by atoms with Gasteiger partial charge in [-0.25, -0.2) is 4.98 Å². The van der Waals surface area contributed by atoms with Crippen molar-refractivity contribution in [2.75, 3.05) is 0 Å². The average Bonchev–Trinajstić information content (AvgIpc) is 3.11. The van der Waals surface area contributed by atoms with Gasteiger partial charge in [0.1, 0.15) is 5.69 Å². The first-order valence-corrected chi connectivity index (χ1v) is 9.53. The summed E-state index contributed by atoms with van der Waals surface area (Å²) in [4.78, 5) is 23.6. The summed E-state index contributed by atoms with van der Waals surface area (Å²) in [7, 11) is 0. The molecule has 2 aromatic heterocycles. The van der Waals surface area contributed by atoms with Crippen LogP contribution in [0.25, 0.3) is 23.1 Å². The summed E-state index contributed by atoms with van der Waals surface area (Å²) in [5.74, 6) is 0.0646.